The van der Waals surface area contributed by atoms with Crippen LogP contribution in [0.15, 0.2) is 36.5 Å². The summed E-state index contributed by atoms with van der Waals surface area (Å²) in [6.07, 6.45) is 0.805. The molecule has 0 amide bonds. The highest BCUT2D eigenvalue weighted by Gasteiger charge is 2.25. The standard InChI is InChI=1S/C16H10F5NO2/c1-24-16(23)9(8-5-3-2-4-6-8)7-22-15-13(20)11(18)10(17)12(19)14(15)21/h2-7,22H,1H3/b9-7+. The number of hydrogen-bond donors (Lipinski definition) is 1. The van der Waals surface area contributed by atoms with E-state index in [0.717, 1.165) is 13.3 Å². The molecule has 0 unspecified atom stereocenters. The van der Waals surface area contributed by atoms with Gasteiger partial charge in [0.2, 0.25) is 5.82 Å². The predicted octanol–water partition coefficient (Wildman–Crippen LogP) is 4.01. The van der Waals surface area contributed by atoms with Gasteiger partial charge < -0.3 is 10.1 Å². The second-order valence-corrected chi connectivity index (χ2v) is 4.50. The fourth-order valence-corrected chi connectivity index (χ4v) is 1.86. The summed E-state index contributed by atoms with van der Waals surface area (Å²) in [5, 5.41) is 1.94. The Bertz CT molecular complexity index is 777. The SMILES string of the molecule is COC(=O)/C(=C/Nc1c(F)c(F)c(F)c(F)c1F)c1ccccc1. The number of ether oxygens (including phenoxy) is 1. The van der Waals surface area contributed by atoms with E-state index >= 15 is 0 Å². The van der Waals surface area contributed by atoms with E-state index in [1.54, 1.807) is 18.2 Å². The summed E-state index contributed by atoms with van der Waals surface area (Å²) in [4.78, 5) is 11.8. The molecule has 8 heteroatoms. The van der Waals surface area contributed by atoms with Crippen molar-refractivity contribution < 1.29 is 31.5 Å². The summed E-state index contributed by atoms with van der Waals surface area (Å²) in [6, 6.07) is 7.84. The Morgan fingerprint density at radius 3 is 1.92 bits per heavy atom. The highest BCUT2D eigenvalue weighted by Crippen LogP contribution is 2.28. The molecule has 0 aliphatic heterocycles. The van der Waals surface area contributed by atoms with E-state index < -0.39 is 40.7 Å². The van der Waals surface area contributed by atoms with Gasteiger partial charge in [-0.15, -0.1) is 0 Å². The van der Waals surface area contributed by atoms with Gasteiger partial charge in [0.15, 0.2) is 23.3 Å². The molecular weight excluding hydrogens is 333 g/mol. The predicted molar refractivity (Wildman–Crippen MR) is 76.3 cm³/mol. The van der Waals surface area contributed by atoms with Gasteiger partial charge in [-0.2, -0.15) is 0 Å². The summed E-state index contributed by atoms with van der Waals surface area (Å²) >= 11 is 0. The molecule has 0 heterocycles. The van der Waals surface area contributed by atoms with Gasteiger partial charge in [-0.25, -0.2) is 26.7 Å². The Balaban J connectivity index is 2.49. The molecule has 24 heavy (non-hydrogen) atoms. The second kappa shape index (κ2) is 7.12. The van der Waals surface area contributed by atoms with Crippen molar-refractivity contribution in [3.63, 3.8) is 0 Å². The number of methoxy groups -OCH3 is 1. The van der Waals surface area contributed by atoms with Crippen molar-refractivity contribution in [2.75, 3.05) is 12.4 Å². The number of esters is 1. The van der Waals surface area contributed by atoms with E-state index in [1.807, 2.05) is 5.32 Å². The lowest BCUT2D eigenvalue weighted by atomic mass is 10.1. The first-order valence-corrected chi connectivity index (χ1v) is 6.50. The lowest BCUT2D eigenvalue weighted by Gasteiger charge is -2.10. The quantitative estimate of drug-likeness (QED) is 0.300. The molecule has 126 valence electrons. The van der Waals surface area contributed by atoms with E-state index in [2.05, 4.69) is 4.74 Å². The van der Waals surface area contributed by atoms with Crippen molar-refractivity contribution in [2.45, 2.75) is 0 Å². The molecule has 3 nitrogen and oxygen atoms in total. The van der Waals surface area contributed by atoms with Crippen LogP contribution in [0.5, 0.6) is 0 Å². The Morgan fingerprint density at radius 1 is 0.917 bits per heavy atom. The number of hydrogen-bond acceptors (Lipinski definition) is 3. The molecule has 2 rings (SSSR count). The smallest absolute Gasteiger partial charge is 0.339 e. The average Bonchev–Trinajstić information content (AvgIpc) is 2.61. The summed E-state index contributed by atoms with van der Waals surface area (Å²) in [7, 11) is 1.08. The van der Waals surface area contributed by atoms with Crippen molar-refractivity contribution in [3.8, 4) is 0 Å². The fraction of sp³-hybridized carbons (Fsp3) is 0.0625. The van der Waals surface area contributed by atoms with Crippen LogP contribution in [0.1, 0.15) is 5.56 Å². The third kappa shape index (κ3) is 3.22. The molecule has 0 radical (unpaired) electrons. The van der Waals surface area contributed by atoms with E-state index in [0.29, 0.717) is 5.56 Å². The first-order chi connectivity index (χ1) is 11.4. The number of nitrogens with one attached hydrogen (secondary N) is 1. The van der Waals surface area contributed by atoms with Gasteiger partial charge in [-0.1, -0.05) is 30.3 Å². The molecule has 0 aromatic heterocycles. The summed E-state index contributed by atoms with van der Waals surface area (Å²) in [5.41, 5.74) is -1.12. The van der Waals surface area contributed by atoms with Gasteiger partial charge in [0, 0.05) is 6.20 Å². The van der Waals surface area contributed by atoms with Crippen LogP contribution < -0.4 is 5.32 Å². The highest BCUT2D eigenvalue weighted by atomic mass is 19.2. The van der Waals surface area contributed by atoms with Crippen LogP contribution in [-0.2, 0) is 9.53 Å². The van der Waals surface area contributed by atoms with E-state index in [-0.39, 0.29) is 5.57 Å². The van der Waals surface area contributed by atoms with Gasteiger partial charge in [0.1, 0.15) is 5.69 Å². The maximum Gasteiger partial charge on any atom is 0.339 e. The van der Waals surface area contributed by atoms with Crippen LogP contribution in [0.3, 0.4) is 0 Å². The zero-order chi connectivity index (χ0) is 17.9. The number of rotatable bonds is 4. The molecule has 0 fully saturated rings. The van der Waals surface area contributed by atoms with Gasteiger partial charge >= 0.3 is 5.97 Å². The molecule has 0 aliphatic carbocycles. The Labute approximate surface area is 133 Å². The zero-order valence-corrected chi connectivity index (χ0v) is 12.2. The van der Waals surface area contributed by atoms with Crippen LogP contribution in [0.2, 0.25) is 0 Å². The minimum absolute atomic E-state index is 0.165. The molecule has 0 saturated heterocycles. The molecule has 1 N–H and O–H groups in total. The van der Waals surface area contributed by atoms with Gasteiger partial charge in [-0.3, -0.25) is 0 Å². The normalized spacial score (nSPS) is 11.3. The van der Waals surface area contributed by atoms with Crippen molar-refractivity contribution in [3.05, 3.63) is 71.2 Å². The third-order valence-corrected chi connectivity index (χ3v) is 3.06. The van der Waals surface area contributed by atoms with Gasteiger partial charge in [0.05, 0.1) is 12.7 Å². The van der Waals surface area contributed by atoms with Crippen LogP contribution in [0.4, 0.5) is 27.6 Å². The number of benzene rings is 2. The molecule has 2 aromatic rings. The van der Waals surface area contributed by atoms with E-state index in [9.17, 15) is 26.7 Å². The summed E-state index contributed by atoms with van der Waals surface area (Å²) in [6.45, 7) is 0. The molecular formula is C16H10F5NO2. The molecule has 0 saturated carbocycles. The molecule has 0 atom stereocenters. The Kier molecular flexibility index (Phi) is 5.18. The van der Waals surface area contributed by atoms with Crippen LogP contribution in [-0.4, -0.2) is 13.1 Å². The zero-order valence-electron chi connectivity index (χ0n) is 12.2. The lowest BCUT2D eigenvalue weighted by molar-refractivity contribution is -0.133. The Hall–Kier alpha value is -2.90. The molecule has 0 spiro atoms. The van der Waals surface area contributed by atoms with Crippen LogP contribution in [0, 0.1) is 29.1 Å². The summed E-state index contributed by atoms with van der Waals surface area (Å²) < 4.78 is 71.1. The minimum Gasteiger partial charge on any atom is -0.465 e. The average molecular weight is 343 g/mol. The van der Waals surface area contributed by atoms with E-state index in [4.69, 9.17) is 0 Å². The largest absolute Gasteiger partial charge is 0.465 e. The van der Waals surface area contributed by atoms with Gasteiger partial charge in [-0.05, 0) is 5.56 Å². The maximum atomic E-state index is 13.6. The van der Waals surface area contributed by atoms with Crippen molar-refractivity contribution in [2.24, 2.45) is 0 Å². The minimum atomic E-state index is -2.27. The first kappa shape index (κ1) is 17.5. The van der Waals surface area contributed by atoms with Gasteiger partial charge in [0.25, 0.3) is 0 Å². The topological polar surface area (TPSA) is 38.3 Å². The maximum absolute atomic E-state index is 13.6. The van der Waals surface area contributed by atoms with Crippen molar-refractivity contribution in [1.82, 2.24) is 0 Å². The molecule has 2 aromatic carbocycles. The van der Waals surface area contributed by atoms with Crippen LogP contribution >= 0.6 is 0 Å². The van der Waals surface area contributed by atoms with E-state index in [1.165, 1.54) is 12.1 Å². The lowest BCUT2D eigenvalue weighted by Crippen LogP contribution is -2.09. The molecule has 0 bridgehead atoms. The highest BCUT2D eigenvalue weighted by molar-refractivity contribution is 6.16. The van der Waals surface area contributed by atoms with Crippen LogP contribution in [0.25, 0.3) is 5.57 Å². The van der Waals surface area contributed by atoms with Crippen molar-refractivity contribution in [1.29, 1.82) is 0 Å². The Morgan fingerprint density at radius 2 is 1.42 bits per heavy atom. The second-order valence-electron chi connectivity index (χ2n) is 4.50. The number of carbonyl (C=O) groups is 1. The number of carbonyl (C=O) groups excluding carboxylic acids is 1. The van der Waals surface area contributed by atoms with Crippen molar-refractivity contribution >= 4 is 17.2 Å². The first-order valence-electron chi connectivity index (χ1n) is 6.50. The monoisotopic (exact) mass is 343 g/mol. The fourth-order valence-electron chi connectivity index (χ4n) is 1.86. The number of anilines is 1. The summed E-state index contributed by atoms with van der Waals surface area (Å²) in [5.74, 6) is -11.4. The third-order valence-electron chi connectivity index (χ3n) is 3.06. The number of halogens is 5. The molecule has 0 aliphatic rings.